The summed E-state index contributed by atoms with van der Waals surface area (Å²) in [7, 11) is 0. The second-order valence-electron chi connectivity index (χ2n) is 6.08. The van der Waals surface area contributed by atoms with Crippen LogP contribution in [0.2, 0.25) is 0 Å². The van der Waals surface area contributed by atoms with Crippen molar-refractivity contribution in [3.63, 3.8) is 0 Å². The van der Waals surface area contributed by atoms with Gasteiger partial charge in [-0.05, 0) is 41.6 Å². The molecule has 0 aromatic heterocycles. The van der Waals surface area contributed by atoms with Gasteiger partial charge in [0, 0.05) is 17.6 Å². The molecule has 5 heteroatoms. The van der Waals surface area contributed by atoms with E-state index < -0.39 is 0 Å². The summed E-state index contributed by atoms with van der Waals surface area (Å²) in [6.07, 6.45) is 1.85. The van der Waals surface area contributed by atoms with Crippen LogP contribution in [-0.4, -0.2) is 23.5 Å². The predicted molar refractivity (Wildman–Crippen MR) is 107 cm³/mol. The van der Waals surface area contributed by atoms with Crippen LogP contribution in [0.15, 0.2) is 73.3 Å². The molecule has 0 saturated carbocycles. The van der Waals surface area contributed by atoms with Crippen molar-refractivity contribution in [1.82, 2.24) is 5.32 Å². The molecule has 0 unspecified atom stereocenters. The number of phenols is 1. The van der Waals surface area contributed by atoms with Gasteiger partial charge in [0.2, 0.25) is 5.91 Å². The van der Waals surface area contributed by atoms with Crippen molar-refractivity contribution in [2.45, 2.75) is 6.42 Å². The van der Waals surface area contributed by atoms with E-state index in [-0.39, 0.29) is 23.1 Å². The van der Waals surface area contributed by atoms with Crippen LogP contribution in [0.4, 0.5) is 5.69 Å². The van der Waals surface area contributed by atoms with Gasteiger partial charge in [-0.25, -0.2) is 0 Å². The molecule has 3 rings (SSSR count). The van der Waals surface area contributed by atoms with Crippen molar-refractivity contribution in [2.24, 2.45) is 0 Å². The molecule has 0 saturated heterocycles. The highest BCUT2D eigenvalue weighted by Crippen LogP contribution is 2.28. The van der Waals surface area contributed by atoms with Crippen LogP contribution in [0.25, 0.3) is 10.8 Å². The minimum Gasteiger partial charge on any atom is -0.506 e. The van der Waals surface area contributed by atoms with E-state index in [9.17, 15) is 14.7 Å². The van der Waals surface area contributed by atoms with Gasteiger partial charge in [-0.1, -0.05) is 49.0 Å². The molecule has 136 valence electrons. The van der Waals surface area contributed by atoms with Crippen LogP contribution in [-0.2, 0) is 11.2 Å². The van der Waals surface area contributed by atoms with E-state index in [1.165, 1.54) is 6.08 Å². The summed E-state index contributed by atoms with van der Waals surface area (Å²) in [4.78, 5) is 23.6. The SMILES string of the molecule is C=CC(=O)Nc1ccc(CCNC(=O)c2ccc3ccccc3c2O)cc1. The van der Waals surface area contributed by atoms with E-state index in [2.05, 4.69) is 17.2 Å². The fraction of sp³-hybridized carbons (Fsp3) is 0.0909. The molecule has 3 aromatic rings. The molecule has 0 bridgehead atoms. The lowest BCUT2D eigenvalue weighted by molar-refractivity contribution is -0.111. The summed E-state index contributed by atoms with van der Waals surface area (Å²) < 4.78 is 0. The summed E-state index contributed by atoms with van der Waals surface area (Å²) in [5, 5.41) is 17.4. The number of phenolic OH excluding ortho intramolecular Hbond substituents is 1. The Morgan fingerprint density at radius 1 is 1.00 bits per heavy atom. The Bertz CT molecular complexity index is 994. The maximum Gasteiger partial charge on any atom is 0.255 e. The van der Waals surface area contributed by atoms with Gasteiger partial charge in [-0.15, -0.1) is 0 Å². The molecule has 0 aliphatic heterocycles. The number of fused-ring (bicyclic) bond motifs is 1. The second kappa shape index (κ2) is 8.19. The first-order valence-electron chi connectivity index (χ1n) is 8.60. The normalized spacial score (nSPS) is 10.4. The van der Waals surface area contributed by atoms with Gasteiger partial charge >= 0.3 is 0 Å². The van der Waals surface area contributed by atoms with Crippen molar-refractivity contribution < 1.29 is 14.7 Å². The molecule has 0 heterocycles. The Hall–Kier alpha value is -3.60. The lowest BCUT2D eigenvalue weighted by Crippen LogP contribution is -2.25. The largest absolute Gasteiger partial charge is 0.506 e. The third kappa shape index (κ3) is 4.33. The average Bonchev–Trinajstić information content (AvgIpc) is 2.69. The molecule has 0 atom stereocenters. The van der Waals surface area contributed by atoms with Crippen LogP contribution in [0.5, 0.6) is 5.75 Å². The Kier molecular flexibility index (Phi) is 5.52. The van der Waals surface area contributed by atoms with Crippen LogP contribution < -0.4 is 10.6 Å². The molecule has 27 heavy (non-hydrogen) atoms. The van der Waals surface area contributed by atoms with Gasteiger partial charge in [0.05, 0.1) is 5.56 Å². The zero-order valence-electron chi connectivity index (χ0n) is 14.7. The predicted octanol–water partition coefficient (Wildman–Crippen LogP) is 3.64. The van der Waals surface area contributed by atoms with E-state index in [4.69, 9.17) is 0 Å². The van der Waals surface area contributed by atoms with Crippen LogP contribution in [0.1, 0.15) is 15.9 Å². The van der Waals surface area contributed by atoms with Gasteiger partial charge < -0.3 is 15.7 Å². The summed E-state index contributed by atoms with van der Waals surface area (Å²) in [6, 6.07) is 18.2. The summed E-state index contributed by atoms with van der Waals surface area (Å²) in [5.41, 5.74) is 1.97. The Morgan fingerprint density at radius 3 is 2.48 bits per heavy atom. The number of anilines is 1. The van der Waals surface area contributed by atoms with E-state index >= 15 is 0 Å². The van der Waals surface area contributed by atoms with Crippen molar-refractivity contribution >= 4 is 28.3 Å². The molecular formula is C22H20N2O3. The maximum atomic E-state index is 12.4. The lowest BCUT2D eigenvalue weighted by Gasteiger charge is -2.09. The number of nitrogens with one attached hydrogen (secondary N) is 2. The fourth-order valence-corrected chi connectivity index (χ4v) is 2.80. The molecule has 3 N–H and O–H groups in total. The zero-order chi connectivity index (χ0) is 19.2. The van der Waals surface area contributed by atoms with Crippen molar-refractivity contribution in [2.75, 3.05) is 11.9 Å². The number of amides is 2. The molecule has 0 spiro atoms. The van der Waals surface area contributed by atoms with Crippen LogP contribution in [0, 0.1) is 0 Å². The van der Waals surface area contributed by atoms with Gasteiger partial charge in [0.15, 0.2) is 0 Å². The molecule has 3 aromatic carbocycles. The standard InChI is InChI=1S/C22H20N2O3/c1-2-20(25)24-17-10-7-15(8-11-17)13-14-23-22(27)19-12-9-16-5-3-4-6-18(16)21(19)26/h2-12,26H,1,13-14H2,(H,23,27)(H,24,25). The number of carbonyl (C=O) groups excluding carboxylic acids is 2. The highest BCUT2D eigenvalue weighted by molar-refractivity contribution is 6.03. The highest BCUT2D eigenvalue weighted by atomic mass is 16.3. The number of hydrogen-bond donors (Lipinski definition) is 3. The first-order chi connectivity index (χ1) is 13.1. The molecule has 2 amide bonds. The lowest BCUT2D eigenvalue weighted by atomic mass is 10.0. The van der Waals surface area contributed by atoms with E-state index in [1.807, 2.05) is 36.4 Å². The van der Waals surface area contributed by atoms with E-state index in [1.54, 1.807) is 24.3 Å². The minimum atomic E-state index is -0.312. The van der Waals surface area contributed by atoms with Crippen molar-refractivity contribution in [3.8, 4) is 5.75 Å². The smallest absolute Gasteiger partial charge is 0.255 e. The van der Waals surface area contributed by atoms with Crippen LogP contribution >= 0.6 is 0 Å². The Labute approximate surface area is 157 Å². The Balaban J connectivity index is 1.59. The molecule has 0 aliphatic rings. The second-order valence-corrected chi connectivity index (χ2v) is 6.08. The maximum absolute atomic E-state index is 12.4. The zero-order valence-corrected chi connectivity index (χ0v) is 14.7. The quantitative estimate of drug-likeness (QED) is 0.587. The van der Waals surface area contributed by atoms with Gasteiger partial charge in [-0.2, -0.15) is 0 Å². The molecule has 5 nitrogen and oxygen atoms in total. The third-order valence-corrected chi connectivity index (χ3v) is 4.25. The third-order valence-electron chi connectivity index (χ3n) is 4.25. The van der Waals surface area contributed by atoms with E-state index in [0.717, 1.165) is 10.9 Å². The highest BCUT2D eigenvalue weighted by Gasteiger charge is 2.13. The first-order valence-corrected chi connectivity index (χ1v) is 8.60. The van der Waals surface area contributed by atoms with E-state index in [0.29, 0.717) is 24.0 Å². The van der Waals surface area contributed by atoms with Crippen LogP contribution in [0.3, 0.4) is 0 Å². The molecule has 0 aliphatic carbocycles. The topological polar surface area (TPSA) is 78.4 Å². The van der Waals surface area contributed by atoms with Gasteiger partial charge in [0.25, 0.3) is 5.91 Å². The molecular weight excluding hydrogens is 340 g/mol. The number of benzene rings is 3. The molecule has 0 radical (unpaired) electrons. The van der Waals surface area contributed by atoms with Gasteiger partial charge in [-0.3, -0.25) is 9.59 Å². The summed E-state index contributed by atoms with van der Waals surface area (Å²) in [5.74, 6) is -0.578. The van der Waals surface area contributed by atoms with Crippen molar-refractivity contribution in [3.05, 3.63) is 84.4 Å². The monoisotopic (exact) mass is 360 g/mol. The van der Waals surface area contributed by atoms with Gasteiger partial charge in [0.1, 0.15) is 5.75 Å². The summed E-state index contributed by atoms with van der Waals surface area (Å²) in [6.45, 7) is 3.84. The fourth-order valence-electron chi connectivity index (χ4n) is 2.80. The van der Waals surface area contributed by atoms with Crippen molar-refractivity contribution in [1.29, 1.82) is 0 Å². The number of carbonyl (C=O) groups is 2. The number of aromatic hydroxyl groups is 1. The summed E-state index contributed by atoms with van der Waals surface area (Å²) >= 11 is 0. The minimum absolute atomic E-state index is 0.00656. The number of rotatable bonds is 6. The Morgan fingerprint density at radius 2 is 1.74 bits per heavy atom. The average molecular weight is 360 g/mol. The first kappa shape index (κ1) is 18.2. The molecule has 0 fully saturated rings. The number of hydrogen-bond acceptors (Lipinski definition) is 3.